The number of aromatic nitrogens is 1. The first-order valence-electron chi connectivity index (χ1n) is 5.04. The zero-order valence-electron chi connectivity index (χ0n) is 8.48. The van der Waals surface area contributed by atoms with Gasteiger partial charge in [0.1, 0.15) is 5.02 Å². The number of nitrogens with one attached hydrogen (secondary N) is 1. The molecule has 1 aliphatic rings. The fourth-order valence-electron chi connectivity index (χ4n) is 2.23. The number of hydrogen-bond donors (Lipinski definition) is 1. The molecule has 2 nitrogen and oxygen atoms in total. The van der Waals surface area contributed by atoms with E-state index in [9.17, 15) is 4.79 Å². The fourth-order valence-corrected chi connectivity index (χ4v) is 2.61. The minimum Gasteiger partial charge on any atom is -0.325 e. The van der Waals surface area contributed by atoms with Gasteiger partial charge in [0.15, 0.2) is 0 Å². The van der Waals surface area contributed by atoms with Gasteiger partial charge in [0.2, 0.25) is 0 Å². The van der Waals surface area contributed by atoms with E-state index < -0.39 is 0 Å². The summed E-state index contributed by atoms with van der Waals surface area (Å²) in [6.07, 6.45) is 3.17. The van der Waals surface area contributed by atoms with Crippen LogP contribution in [-0.2, 0) is 12.8 Å². The van der Waals surface area contributed by atoms with Crippen LogP contribution in [-0.4, -0.2) is 4.98 Å². The molecule has 0 saturated heterocycles. The van der Waals surface area contributed by atoms with Crippen LogP contribution in [0.3, 0.4) is 0 Å². The van der Waals surface area contributed by atoms with Crippen molar-refractivity contribution in [2.45, 2.75) is 39.0 Å². The van der Waals surface area contributed by atoms with Crippen molar-refractivity contribution in [3.63, 3.8) is 0 Å². The number of aromatic amines is 1. The molecule has 76 valence electrons. The molecule has 0 saturated carbocycles. The van der Waals surface area contributed by atoms with Gasteiger partial charge < -0.3 is 4.98 Å². The highest BCUT2D eigenvalue weighted by molar-refractivity contribution is 6.31. The Bertz CT molecular complexity index is 420. The smallest absolute Gasteiger partial charge is 0.267 e. The number of H-pyrrole nitrogens is 1. The van der Waals surface area contributed by atoms with Crippen LogP contribution in [0.2, 0.25) is 5.02 Å². The van der Waals surface area contributed by atoms with E-state index in [4.69, 9.17) is 11.6 Å². The van der Waals surface area contributed by atoms with E-state index in [1.54, 1.807) is 0 Å². The molecule has 0 radical (unpaired) electrons. The number of fused-ring (bicyclic) bond motifs is 1. The summed E-state index contributed by atoms with van der Waals surface area (Å²) >= 11 is 6.03. The first-order chi connectivity index (χ1) is 6.61. The molecule has 0 fully saturated rings. The van der Waals surface area contributed by atoms with E-state index in [2.05, 4.69) is 18.8 Å². The Balaban J connectivity index is 2.72. The quantitative estimate of drug-likeness (QED) is 0.761. The lowest BCUT2D eigenvalue weighted by Crippen LogP contribution is -2.14. The maximum absolute atomic E-state index is 11.5. The molecule has 0 atom stereocenters. The Morgan fingerprint density at radius 1 is 1.36 bits per heavy atom. The van der Waals surface area contributed by atoms with Crippen LogP contribution >= 0.6 is 11.6 Å². The third-order valence-corrected chi connectivity index (χ3v) is 3.20. The van der Waals surface area contributed by atoms with Crippen molar-refractivity contribution in [1.29, 1.82) is 0 Å². The van der Waals surface area contributed by atoms with E-state index >= 15 is 0 Å². The number of hydrogen-bond acceptors (Lipinski definition) is 1. The van der Waals surface area contributed by atoms with Crippen molar-refractivity contribution in [3.05, 3.63) is 32.2 Å². The molecule has 1 aliphatic carbocycles. The van der Waals surface area contributed by atoms with Gasteiger partial charge in [-0.15, -0.1) is 0 Å². The number of halogens is 1. The third kappa shape index (κ3) is 1.38. The van der Waals surface area contributed by atoms with Crippen molar-refractivity contribution >= 4 is 11.6 Å². The summed E-state index contributed by atoms with van der Waals surface area (Å²) in [5, 5.41) is 0.389. The summed E-state index contributed by atoms with van der Waals surface area (Å²) < 4.78 is 0. The zero-order valence-corrected chi connectivity index (χ0v) is 9.24. The van der Waals surface area contributed by atoms with E-state index in [0.717, 1.165) is 30.5 Å². The molecule has 2 rings (SSSR count). The van der Waals surface area contributed by atoms with E-state index in [0.29, 0.717) is 10.9 Å². The van der Waals surface area contributed by atoms with Crippen molar-refractivity contribution in [3.8, 4) is 0 Å². The summed E-state index contributed by atoms with van der Waals surface area (Å²) in [5.41, 5.74) is 3.31. The molecule has 3 heteroatoms. The molecule has 14 heavy (non-hydrogen) atoms. The van der Waals surface area contributed by atoms with Crippen LogP contribution in [0, 0.1) is 0 Å². The van der Waals surface area contributed by atoms with E-state index in [1.165, 1.54) is 5.56 Å². The second-order valence-corrected chi connectivity index (χ2v) is 4.53. The fraction of sp³-hybridized carbons (Fsp3) is 0.545. The minimum atomic E-state index is -0.129. The van der Waals surface area contributed by atoms with Gasteiger partial charge in [-0.2, -0.15) is 0 Å². The first-order valence-corrected chi connectivity index (χ1v) is 5.42. The van der Waals surface area contributed by atoms with E-state index in [1.807, 2.05) is 0 Å². The summed E-state index contributed by atoms with van der Waals surface area (Å²) in [6, 6.07) is 0. The topological polar surface area (TPSA) is 32.9 Å². The normalized spacial score (nSPS) is 14.9. The third-order valence-electron chi connectivity index (χ3n) is 2.82. The van der Waals surface area contributed by atoms with Gasteiger partial charge >= 0.3 is 0 Å². The number of aryl methyl sites for hydroxylation is 1. The summed E-state index contributed by atoms with van der Waals surface area (Å²) in [4.78, 5) is 14.4. The van der Waals surface area contributed by atoms with Crippen LogP contribution in [0.15, 0.2) is 4.79 Å². The monoisotopic (exact) mass is 211 g/mol. The summed E-state index contributed by atoms with van der Waals surface area (Å²) in [7, 11) is 0. The highest BCUT2D eigenvalue weighted by Gasteiger charge is 2.21. The average molecular weight is 212 g/mol. The Labute approximate surface area is 88.3 Å². The largest absolute Gasteiger partial charge is 0.325 e. The molecule has 0 spiro atoms. The predicted molar refractivity (Wildman–Crippen MR) is 58.2 cm³/mol. The van der Waals surface area contributed by atoms with E-state index in [-0.39, 0.29) is 5.56 Å². The Hall–Kier alpha value is -0.760. The molecule has 1 aromatic rings. The van der Waals surface area contributed by atoms with Crippen LogP contribution in [0.4, 0.5) is 0 Å². The Morgan fingerprint density at radius 3 is 2.71 bits per heavy atom. The summed E-state index contributed by atoms with van der Waals surface area (Å²) in [5.74, 6) is 0.330. The lowest BCUT2D eigenvalue weighted by atomic mass is 9.97. The second-order valence-electron chi connectivity index (χ2n) is 4.15. The minimum absolute atomic E-state index is 0.129. The van der Waals surface area contributed by atoms with Gasteiger partial charge in [-0.1, -0.05) is 25.4 Å². The first kappa shape index (κ1) is 9.78. The van der Waals surface area contributed by atoms with Gasteiger partial charge in [-0.05, 0) is 36.3 Å². The highest BCUT2D eigenvalue weighted by atomic mass is 35.5. The number of pyridine rings is 1. The SMILES string of the molecule is CC(C)c1c2c([nH]c(=O)c1Cl)CCC2. The molecule has 0 bridgehead atoms. The molecular formula is C11H14ClNO. The maximum Gasteiger partial charge on any atom is 0.267 e. The Morgan fingerprint density at radius 2 is 2.07 bits per heavy atom. The van der Waals surface area contributed by atoms with Crippen LogP contribution in [0.25, 0.3) is 0 Å². The van der Waals surface area contributed by atoms with Crippen LogP contribution < -0.4 is 5.56 Å². The van der Waals surface area contributed by atoms with Gasteiger partial charge in [0.05, 0.1) is 0 Å². The predicted octanol–water partition coefficient (Wildman–Crippen LogP) is 2.64. The maximum atomic E-state index is 11.5. The van der Waals surface area contributed by atoms with Gasteiger partial charge in [0, 0.05) is 5.69 Å². The highest BCUT2D eigenvalue weighted by Crippen LogP contribution is 2.31. The van der Waals surface area contributed by atoms with Crippen molar-refractivity contribution in [2.24, 2.45) is 0 Å². The zero-order chi connectivity index (χ0) is 10.3. The van der Waals surface area contributed by atoms with Crippen molar-refractivity contribution < 1.29 is 0 Å². The van der Waals surface area contributed by atoms with Gasteiger partial charge in [-0.25, -0.2) is 0 Å². The standard InChI is InChI=1S/C11H14ClNO/c1-6(2)9-7-4-3-5-8(7)13-11(14)10(9)12/h6H,3-5H2,1-2H3,(H,13,14). The van der Waals surface area contributed by atoms with Crippen molar-refractivity contribution in [2.75, 3.05) is 0 Å². The number of rotatable bonds is 1. The summed E-state index contributed by atoms with van der Waals surface area (Å²) in [6.45, 7) is 4.17. The Kier molecular flexibility index (Phi) is 2.40. The second kappa shape index (κ2) is 3.43. The van der Waals surface area contributed by atoms with Crippen LogP contribution in [0.1, 0.15) is 43.0 Å². The molecule has 1 heterocycles. The molecule has 0 amide bonds. The molecule has 0 unspecified atom stereocenters. The molecule has 1 N–H and O–H groups in total. The molecule has 1 aromatic heterocycles. The van der Waals surface area contributed by atoms with Gasteiger partial charge in [0.25, 0.3) is 5.56 Å². The molecule has 0 aliphatic heterocycles. The van der Waals surface area contributed by atoms with Crippen molar-refractivity contribution in [1.82, 2.24) is 4.98 Å². The molecule has 0 aromatic carbocycles. The lowest BCUT2D eigenvalue weighted by Gasteiger charge is -2.13. The molecular weight excluding hydrogens is 198 g/mol. The average Bonchev–Trinajstić information content (AvgIpc) is 2.52. The van der Waals surface area contributed by atoms with Crippen LogP contribution in [0.5, 0.6) is 0 Å². The lowest BCUT2D eigenvalue weighted by molar-refractivity contribution is 0.835. The van der Waals surface area contributed by atoms with Gasteiger partial charge in [-0.3, -0.25) is 4.79 Å².